The smallest absolute Gasteiger partial charge is 0.336 e. The third-order valence-electron chi connectivity index (χ3n) is 1.48. The third-order valence-corrected chi connectivity index (χ3v) is 2.52. The van der Waals surface area contributed by atoms with E-state index in [4.69, 9.17) is 4.74 Å². The second-order valence-electron chi connectivity index (χ2n) is 2.66. The maximum Gasteiger partial charge on any atom is 0.336 e. The standard InChI is InChI=1S/C6H13N5O4S/c1-14-4-3-7-16(12,13)11-5-8-6(15-2)10-9-5/h7H,3-4H2,1-2H3,(H2,8,9,10,11). The summed E-state index contributed by atoms with van der Waals surface area (Å²) in [4.78, 5) is 3.69. The van der Waals surface area contributed by atoms with Crippen molar-refractivity contribution in [2.75, 3.05) is 32.1 Å². The van der Waals surface area contributed by atoms with E-state index in [2.05, 4.69) is 29.4 Å². The summed E-state index contributed by atoms with van der Waals surface area (Å²) >= 11 is 0. The van der Waals surface area contributed by atoms with Crippen molar-refractivity contribution < 1.29 is 17.9 Å². The van der Waals surface area contributed by atoms with E-state index in [1.54, 1.807) is 0 Å². The molecular weight excluding hydrogens is 238 g/mol. The van der Waals surface area contributed by atoms with Crippen molar-refractivity contribution in [1.82, 2.24) is 19.9 Å². The summed E-state index contributed by atoms with van der Waals surface area (Å²) in [7, 11) is -0.823. The number of hydrogen-bond donors (Lipinski definition) is 3. The first kappa shape index (κ1) is 12.7. The van der Waals surface area contributed by atoms with Gasteiger partial charge in [-0.05, 0) is 0 Å². The molecule has 1 aromatic heterocycles. The second-order valence-corrected chi connectivity index (χ2v) is 4.16. The van der Waals surface area contributed by atoms with Crippen LogP contribution in [-0.4, -0.2) is 51.0 Å². The molecule has 0 radical (unpaired) electrons. The SMILES string of the molecule is COCCNS(=O)(=O)Nc1nc(OC)n[nH]1. The van der Waals surface area contributed by atoms with Gasteiger partial charge < -0.3 is 9.47 Å². The van der Waals surface area contributed by atoms with E-state index in [0.717, 1.165) is 0 Å². The Labute approximate surface area is 92.7 Å². The van der Waals surface area contributed by atoms with Crippen LogP contribution in [0, 0.1) is 0 Å². The molecule has 0 amide bonds. The summed E-state index contributed by atoms with van der Waals surface area (Å²) in [5.41, 5.74) is 0. The van der Waals surface area contributed by atoms with E-state index in [9.17, 15) is 8.42 Å². The van der Waals surface area contributed by atoms with E-state index in [0.29, 0.717) is 0 Å². The Morgan fingerprint density at radius 3 is 2.75 bits per heavy atom. The molecule has 9 nitrogen and oxygen atoms in total. The van der Waals surface area contributed by atoms with Gasteiger partial charge in [-0.1, -0.05) is 0 Å². The number of nitrogens with one attached hydrogen (secondary N) is 3. The highest BCUT2D eigenvalue weighted by Crippen LogP contribution is 2.05. The van der Waals surface area contributed by atoms with E-state index in [1.165, 1.54) is 14.2 Å². The molecule has 0 atom stereocenters. The lowest BCUT2D eigenvalue weighted by Gasteiger charge is -2.05. The normalized spacial score (nSPS) is 11.4. The molecule has 0 aliphatic carbocycles. The first-order chi connectivity index (χ1) is 7.57. The zero-order valence-electron chi connectivity index (χ0n) is 8.85. The molecule has 1 rings (SSSR count). The maximum atomic E-state index is 11.4. The van der Waals surface area contributed by atoms with Crippen LogP contribution in [0.25, 0.3) is 0 Å². The number of anilines is 1. The summed E-state index contributed by atoms with van der Waals surface area (Å²) in [6, 6.07) is 0.0505. The Hall–Kier alpha value is -1.39. The minimum Gasteiger partial charge on any atom is -0.466 e. The lowest BCUT2D eigenvalue weighted by atomic mass is 10.7. The van der Waals surface area contributed by atoms with Gasteiger partial charge in [0.25, 0.3) is 0 Å². The fourth-order valence-corrected chi connectivity index (χ4v) is 1.59. The number of aromatic amines is 1. The predicted molar refractivity (Wildman–Crippen MR) is 55.4 cm³/mol. The monoisotopic (exact) mass is 251 g/mol. The Morgan fingerprint density at radius 1 is 1.44 bits per heavy atom. The van der Waals surface area contributed by atoms with Gasteiger partial charge in [0, 0.05) is 13.7 Å². The Morgan fingerprint density at radius 2 is 2.19 bits per heavy atom. The third kappa shape index (κ3) is 4.00. The van der Waals surface area contributed by atoms with Gasteiger partial charge in [-0.25, -0.2) is 9.82 Å². The van der Waals surface area contributed by atoms with Gasteiger partial charge in [0.2, 0.25) is 5.95 Å². The summed E-state index contributed by atoms with van der Waals surface area (Å²) in [5, 5.41) is 5.93. The van der Waals surface area contributed by atoms with Crippen LogP contribution < -0.4 is 14.2 Å². The van der Waals surface area contributed by atoms with Crippen LogP contribution >= 0.6 is 0 Å². The Bertz CT molecular complexity index is 416. The molecule has 0 aliphatic heterocycles. The summed E-state index contributed by atoms with van der Waals surface area (Å²) in [6.07, 6.45) is 0. The van der Waals surface area contributed by atoms with Crippen molar-refractivity contribution >= 4 is 16.2 Å². The summed E-state index contributed by atoms with van der Waals surface area (Å²) in [5.74, 6) is -0.0261. The summed E-state index contributed by atoms with van der Waals surface area (Å²) in [6.45, 7) is 0.442. The largest absolute Gasteiger partial charge is 0.466 e. The van der Waals surface area contributed by atoms with Gasteiger partial charge in [0.05, 0.1) is 13.7 Å². The highest BCUT2D eigenvalue weighted by Gasteiger charge is 2.12. The molecule has 1 aromatic rings. The second kappa shape index (κ2) is 5.63. The van der Waals surface area contributed by atoms with Gasteiger partial charge in [0.1, 0.15) is 0 Å². The average molecular weight is 251 g/mol. The van der Waals surface area contributed by atoms with Crippen LogP contribution in [0.3, 0.4) is 0 Å². The molecule has 3 N–H and O–H groups in total. The summed E-state index contributed by atoms with van der Waals surface area (Å²) < 4.78 is 36.5. The number of nitrogens with zero attached hydrogens (tertiary/aromatic N) is 2. The van der Waals surface area contributed by atoms with Crippen LogP contribution in [0.2, 0.25) is 0 Å². The topological polar surface area (TPSA) is 118 Å². The number of rotatable bonds is 7. The number of aromatic nitrogens is 3. The molecule has 1 heterocycles. The molecule has 0 aromatic carbocycles. The highest BCUT2D eigenvalue weighted by molar-refractivity contribution is 7.90. The minimum absolute atomic E-state index is 0.0261. The van der Waals surface area contributed by atoms with Crippen LogP contribution in [0.1, 0.15) is 0 Å². The van der Waals surface area contributed by atoms with Crippen molar-refractivity contribution in [2.45, 2.75) is 0 Å². The predicted octanol–water partition coefficient (Wildman–Crippen LogP) is -1.29. The molecule has 0 bridgehead atoms. The Balaban J connectivity index is 2.51. The highest BCUT2D eigenvalue weighted by atomic mass is 32.2. The molecule has 0 spiro atoms. The van der Waals surface area contributed by atoms with Crippen molar-refractivity contribution in [3.8, 4) is 6.01 Å². The number of H-pyrrole nitrogens is 1. The molecule has 10 heteroatoms. The van der Waals surface area contributed by atoms with Crippen LogP contribution in [0.5, 0.6) is 6.01 Å². The van der Waals surface area contributed by atoms with Crippen molar-refractivity contribution in [3.05, 3.63) is 0 Å². The maximum absolute atomic E-state index is 11.4. The van der Waals surface area contributed by atoms with Crippen LogP contribution in [-0.2, 0) is 14.9 Å². The lowest BCUT2D eigenvalue weighted by molar-refractivity contribution is 0.204. The molecule has 0 aliphatic rings. The first-order valence-corrected chi connectivity index (χ1v) is 5.78. The number of methoxy groups -OCH3 is 2. The average Bonchev–Trinajstić information content (AvgIpc) is 2.65. The van der Waals surface area contributed by atoms with Gasteiger partial charge in [-0.15, -0.1) is 5.10 Å². The lowest BCUT2D eigenvalue weighted by Crippen LogP contribution is -2.32. The van der Waals surface area contributed by atoms with Gasteiger partial charge >= 0.3 is 16.2 Å². The van der Waals surface area contributed by atoms with E-state index < -0.39 is 10.2 Å². The zero-order chi connectivity index (χ0) is 12.0. The van der Waals surface area contributed by atoms with E-state index in [-0.39, 0.29) is 25.1 Å². The molecule has 0 saturated carbocycles. The molecule has 0 fully saturated rings. The Kier molecular flexibility index (Phi) is 4.46. The zero-order valence-corrected chi connectivity index (χ0v) is 9.67. The van der Waals surface area contributed by atoms with Crippen LogP contribution in [0.15, 0.2) is 0 Å². The number of ether oxygens (including phenoxy) is 2. The van der Waals surface area contributed by atoms with Crippen molar-refractivity contribution in [2.24, 2.45) is 0 Å². The fourth-order valence-electron chi connectivity index (χ4n) is 0.825. The van der Waals surface area contributed by atoms with E-state index in [1.807, 2.05) is 0 Å². The quantitative estimate of drug-likeness (QED) is 0.519. The molecule has 16 heavy (non-hydrogen) atoms. The molecule has 0 unspecified atom stereocenters. The van der Waals surface area contributed by atoms with Crippen molar-refractivity contribution in [3.63, 3.8) is 0 Å². The molecular formula is C6H13N5O4S. The minimum atomic E-state index is -3.67. The van der Waals surface area contributed by atoms with Gasteiger partial charge in [-0.2, -0.15) is 18.1 Å². The van der Waals surface area contributed by atoms with Crippen molar-refractivity contribution in [1.29, 1.82) is 0 Å². The number of hydrogen-bond acceptors (Lipinski definition) is 6. The van der Waals surface area contributed by atoms with Gasteiger partial charge in [-0.3, -0.25) is 0 Å². The molecule has 92 valence electrons. The van der Waals surface area contributed by atoms with E-state index >= 15 is 0 Å². The van der Waals surface area contributed by atoms with Crippen LogP contribution in [0.4, 0.5) is 5.95 Å². The molecule has 0 saturated heterocycles. The van der Waals surface area contributed by atoms with Gasteiger partial charge in [0.15, 0.2) is 0 Å². The first-order valence-electron chi connectivity index (χ1n) is 4.30. The fraction of sp³-hybridized carbons (Fsp3) is 0.667.